The highest BCUT2D eigenvalue weighted by Crippen LogP contribution is 2.18. The predicted octanol–water partition coefficient (Wildman–Crippen LogP) is 3.50. The molecule has 1 aromatic heterocycles. The smallest absolute Gasteiger partial charge is 0.110 e. The van der Waals surface area contributed by atoms with Gasteiger partial charge in [0.2, 0.25) is 0 Å². The van der Waals surface area contributed by atoms with Gasteiger partial charge in [0.05, 0.1) is 0 Å². The molecule has 0 aliphatic rings. The number of nitrogens with one attached hydrogen (secondary N) is 1. The molecule has 1 aromatic rings. The van der Waals surface area contributed by atoms with E-state index in [9.17, 15) is 0 Å². The van der Waals surface area contributed by atoms with Crippen LogP contribution in [0.5, 0.6) is 0 Å². The lowest BCUT2D eigenvalue weighted by atomic mass is 9.88. The van der Waals surface area contributed by atoms with Gasteiger partial charge >= 0.3 is 0 Å². The van der Waals surface area contributed by atoms with Crippen molar-refractivity contribution in [2.24, 2.45) is 11.8 Å². The molecule has 110 valence electrons. The van der Waals surface area contributed by atoms with Crippen molar-refractivity contribution in [1.82, 2.24) is 14.9 Å². The third-order valence-corrected chi connectivity index (χ3v) is 4.01. The highest BCUT2D eigenvalue weighted by Gasteiger charge is 2.21. The number of rotatable bonds is 9. The van der Waals surface area contributed by atoms with Crippen LogP contribution in [-0.4, -0.2) is 22.1 Å². The lowest BCUT2D eigenvalue weighted by Gasteiger charge is -2.28. The van der Waals surface area contributed by atoms with Crippen LogP contribution in [0.1, 0.15) is 53.3 Å². The molecule has 0 spiro atoms. The minimum atomic E-state index is 0.526. The Kier molecular flexibility index (Phi) is 7.14. The Morgan fingerprint density at radius 3 is 2.53 bits per heavy atom. The topological polar surface area (TPSA) is 29.9 Å². The Bertz CT molecular complexity index is 344. The normalized spacial score (nSPS) is 14.8. The molecule has 19 heavy (non-hydrogen) atoms. The van der Waals surface area contributed by atoms with Crippen molar-refractivity contribution in [1.29, 1.82) is 0 Å². The molecule has 0 fully saturated rings. The Morgan fingerprint density at radius 2 is 1.95 bits per heavy atom. The summed E-state index contributed by atoms with van der Waals surface area (Å²) in [5.41, 5.74) is 0. The van der Waals surface area contributed by atoms with Crippen LogP contribution in [0.3, 0.4) is 0 Å². The second-order valence-corrected chi connectivity index (χ2v) is 5.90. The van der Waals surface area contributed by atoms with Crippen LogP contribution < -0.4 is 5.32 Å². The van der Waals surface area contributed by atoms with Crippen molar-refractivity contribution in [3.8, 4) is 0 Å². The molecule has 0 aromatic carbocycles. The summed E-state index contributed by atoms with van der Waals surface area (Å²) in [7, 11) is 0. The molecule has 2 unspecified atom stereocenters. The van der Waals surface area contributed by atoms with Gasteiger partial charge in [0, 0.05) is 31.4 Å². The van der Waals surface area contributed by atoms with Crippen LogP contribution in [0.4, 0.5) is 0 Å². The number of aromatic nitrogens is 2. The largest absolute Gasteiger partial charge is 0.335 e. The summed E-state index contributed by atoms with van der Waals surface area (Å²) >= 11 is 0. The van der Waals surface area contributed by atoms with E-state index in [-0.39, 0.29) is 0 Å². The highest BCUT2D eigenvalue weighted by atomic mass is 15.1. The first-order valence-electron chi connectivity index (χ1n) is 7.83. The van der Waals surface area contributed by atoms with Gasteiger partial charge in [0.15, 0.2) is 0 Å². The molecule has 1 rings (SSSR count). The van der Waals surface area contributed by atoms with Crippen LogP contribution in [0.2, 0.25) is 0 Å². The lowest BCUT2D eigenvalue weighted by molar-refractivity contribution is 0.292. The summed E-state index contributed by atoms with van der Waals surface area (Å²) in [5.74, 6) is 2.59. The van der Waals surface area contributed by atoms with Gasteiger partial charge in [-0.2, -0.15) is 0 Å². The minimum absolute atomic E-state index is 0.526. The molecule has 0 radical (unpaired) electrons. The first-order chi connectivity index (χ1) is 9.10. The van der Waals surface area contributed by atoms with Crippen LogP contribution in [0.25, 0.3) is 0 Å². The zero-order valence-electron chi connectivity index (χ0n) is 13.3. The van der Waals surface area contributed by atoms with Gasteiger partial charge in [-0.05, 0) is 31.2 Å². The molecule has 1 N–H and O–H groups in total. The van der Waals surface area contributed by atoms with Crippen LogP contribution >= 0.6 is 0 Å². The molecule has 0 saturated carbocycles. The van der Waals surface area contributed by atoms with E-state index >= 15 is 0 Å². The minimum Gasteiger partial charge on any atom is -0.335 e. The zero-order valence-corrected chi connectivity index (χ0v) is 13.3. The fraction of sp³-hybridized carbons (Fsp3) is 0.812. The van der Waals surface area contributed by atoms with Gasteiger partial charge in [0.1, 0.15) is 5.82 Å². The van der Waals surface area contributed by atoms with Crippen molar-refractivity contribution < 1.29 is 0 Å². The van der Waals surface area contributed by atoms with Crippen molar-refractivity contribution >= 4 is 0 Å². The molecular formula is C16H31N3. The molecule has 0 bridgehead atoms. The molecule has 1 heterocycles. The molecule has 2 atom stereocenters. The van der Waals surface area contributed by atoms with Crippen molar-refractivity contribution in [3.63, 3.8) is 0 Å². The Morgan fingerprint density at radius 1 is 1.21 bits per heavy atom. The SMILES string of the molecule is CCCNC(Cc1nccn1CCC)C(C)C(C)C. The molecule has 3 heteroatoms. The Balaban J connectivity index is 2.72. The van der Waals surface area contributed by atoms with E-state index < -0.39 is 0 Å². The summed E-state index contributed by atoms with van der Waals surface area (Å²) in [5, 5.41) is 3.70. The van der Waals surface area contributed by atoms with Crippen LogP contribution in [-0.2, 0) is 13.0 Å². The summed E-state index contributed by atoms with van der Waals surface area (Å²) in [6.45, 7) is 13.6. The summed E-state index contributed by atoms with van der Waals surface area (Å²) < 4.78 is 2.30. The zero-order chi connectivity index (χ0) is 14.3. The standard InChI is InChI=1S/C16H31N3/c1-6-8-17-15(14(5)13(3)4)12-16-18-9-11-19(16)10-7-2/h9,11,13-15,17H,6-8,10,12H2,1-5H3. The van der Waals surface area contributed by atoms with Gasteiger partial charge in [-0.25, -0.2) is 4.98 Å². The van der Waals surface area contributed by atoms with Crippen molar-refractivity contribution in [2.45, 2.75) is 66.5 Å². The van der Waals surface area contributed by atoms with Crippen LogP contribution in [0, 0.1) is 11.8 Å². The van der Waals surface area contributed by atoms with E-state index in [2.05, 4.69) is 55.7 Å². The number of nitrogens with zero attached hydrogens (tertiary/aromatic N) is 2. The predicted molar refractivity (Wildman–Crippen MR) is 82.3 cm³/mol. The fourth-order valence-corrected chi connectivity index (χ4v) is 2.41. The van der Waals surface area contributed by atoms with E-state index in [0.717, 1.165) is 25.9 Å². The molecule has 0 aliphatic heterocycles. The van der Waals surface area contributed by atoms with Gasteiger partial charge < -0.3 is 9.88 Å². The number of hydrogen-bond acceptors (Lipinski definition) is 2. The average Bonchev–Trinajstić information content (AvgIpc) is 2.81. The Labute approximate surface area is 118 Å². The number of hydrogen-bond donors (Lipinski definition) is 1. The van der Waals surface area contributed by atoms with E-state index in [4.69, 9.17) is 0 Å². The van der Waals surface area contributed by atoms with E-state index in [1.165, 1.54) is 12.2 Å². The summed E-state index contributed by atoms with van der Waals surface area (Å²) in [6.07, 6.45) is 7.42. The van der Waals surface area contributed by atoms with E-state index in [0.29, 0.717) is 17.9 Å². The van der Waals surface area contributed by atoms with Crippen molar-refractivity contribution in [2.75, 3.05) is 6.54 Å². The number of imidazole rings is 1. The second kappa shape index (κ2) is 8.36. The van der Waals surface area contributed by atoms with Gasteiger partial charge in [-0.15, -0.1) is 0 Å². The van der Waals surface area contributed by atoms with E-state index in [1.807, 2.05) is 6.20 Å². The molecule has 3 nitrogen and oxygen atoms in total. The first-order valence-corrected chi connectivity index (χ1v) is 7.83. The Hall–Kier alpha value is -0.830. The van der Waals surface area contributed by atoms with Crippen LogP contribution in [0.15, 0.2) is 12.4 Å². The second-order valence-electron chi connectivity index (χ2n) is 5.90. The quantitative estimate of drug-likeness (QED) is 0.740. The highest BCUT2D eigenvalue weighted by molar-refractivity contribution is 4.97. The summed E-state index contributed by atoms with van der Waals surface area (Å²) in [6, 6.07) is 0.526. The fourth-order valence-electron chi connectivity index (χ4n) is 2.41. The van der Waals surface area contributed by atoms with Gasteiger partial charge in [-0.1, -0.05) is 34.6 Å². The van der Waals surface area contributed by atoms with E-state index in [1.54, 1.807) is 0 Å². The maximum absolute atomic E-state index is 4.55. The van der Waals surface area contributed by atoms with Crippen molar-refractivity contribution in [3.05, 3.63) is 18.2 Å². The first kappa shape index (κ1) is 16.2. The maximum Gasteiger partial charge on any atom is 0.110 e. The molecule has 0 saturated heterocycles. The summed E-state index contributed by atoms with van der Waals surface area (Å²) in [4.78, 5) is 4.55. The third-order valence-electron chi connectivity index (χ3n) is 4.01. The third kappa shape index (κ3) is 4.98. The average molecular weight is 265 g/mol. The lowest BCUT2D eigenvalue weighted by Crippen LogP contribution is -2.40. The van der Waals surface area contributed by atoms with Gasteiger partial charge in [-0.3, -0.25) is 0 Å². The molecular weight excluding hydrogens is 234 g/mol. The number of aryl methyl sites for hydroxylation is 1. The molecule has 0 aliphatic carbocycles. The van der Waals surface area contributed by atoms with Gasteiger partial charge in [0.25, 0.3) is 0 Å². The monoisotopic (exact) mass is 265 g/mol. The molecule has 0 amide bonds. The maximum atomic E-state index is 4.55.